The van der Waals surface area contributed by atoms with E-state index in [2.05, 4.69) is 15.1 Å². The molecule has 0 saturated heterocycles. The fourth-order valence-electron chi connectivity index (χ4n) is 2.52. The van der Waals surface area contributed by atoms with Gasteiger partial charge in [-0.25, -0.2) is 4.98 Å². The van der Waals surface area contributed by atoms with Crippen LogP contribution >= 0.6 is 0 Å². The van der Waals surface area contributed by atoms with Crippen LogP contribution in [0.4, 0.5) is 0 Å². The molecule has 1 aliphatic rings. The Kier molecular flexibility index (Phi) is 2.87. The molecule has 18 heavy (non-hydrogen) atoms. The molecule has 3 rings (SSSR count). The molecule has 0 aromatic carbocycles. The van der Waals surface area contributed by atoms with Crippen LogP contribution in [0.1, 0.15) is 37.5 Å². The summed E-state index contributed by atoms with van der Waals surface area (Å²) in [6, 6.07) is 0.257. The molecule has 2 atom stereocenters. The lowest BCUT2D eigenvalue weighted by molar-refractivity contribution is 0.299. The van der Waals surface area contributed by atoms with Gasteiger partial charge in [-0.1, -0.05) is 11.6 Å². The van der Waals surface area contributed by atoms with Crippen LogP contribution in [0.3, 0.4) is 0 Å². The summed E-state index contributed by atoms with van der Waals surface area (Å²) in [5, 5.41) is 4.01. The second kappa shape index (κ2) is 4.53. The van der Waals surface area contributed by atoms with Crippen LogP contribution in [0.2, 0.25) is 0 Å². The predicted octanol–water partition coefficient (Wildman–Crippen LogP) is 1.45. The molecule has 2 N–H and O–H groups in total. The first-order valence-electron chi connectivity index (χ1n) is 6.31. The van der Waals surface area contributed by atoms with E-state index in [1.807, 2.05) is 17.8 Å². The second-order valence-electron chi connectivity index (χ2n) is 4.94. The lowest BCUT2D eigenvalue weighted by Crippen LogP contribution is -2.26. The molecule has 2 heterocycles. The van der Waals surface area contributed by atoms with Crippen LogP contribution in [0.15, 0.2) is 16.9 Å². The van der Waals surface area contributed by atoms with Gasteiger partial charge in [0.25, 0.3) is 0 Å². The number of aromatic nitrogens is 4. The zero-order valence-electron chi connectivity index (χ0n) is 10.4. The van der Waals surface area contributed by atoms with Gasteiger partial charge in [-0.15, -0.1) is 0 Å². The third-order valence-corrected chi connectivity index (χ3v) is 3.53. The van der Waals surface area contributed by atoms with Crippen molar-refractivity contribution >= 4 is 0 Å². The molecule has 6 nitrogen and oxygen atoms in total. The first-order chi connectivity index (χ1) is 8.74. The first-order valence-corrected chi connectivity index (χ1v) is 6.31. The number of rotatable bonds is 2. The van der Waals surface area contributed by atoms with Gasteiger partial charge in [-0.05, 0) is 19.3 Å². The Labute approximate surface area is 105 Å². The van der Waals surface area contributed by atoms with Crippen molar-refractivity contribution in [3.05, 3.63) is 18.3 Å². The number of hydrogen-bond donors (Lipinski definition) is 1. The standard InChI is InChI=1S/C12H17N5O/c1-17-6-5-14-11(17)10-15-12(18-16-10)8-3-2-4-9(13)7-8/h5-6,8-9H,2-4,7,13H2,1H3. The smallest absolute Gasteiger partial charge is 0.238 e. The van der Waals surface area contributed by atoms with Crippen molar-refractivity contribution in [3.8, 4) is 11.6 Å². The monoisotopic (exact) mass is 247 g/mol. The van der Waals surface area contributed by atoms with Crippen molar-refractivity contribution in [1.29, 1.82) is 0 Å². The Bertz CT molecular complexity index is 532. The summed E-state index contributed by atoms with van der Waals surface area (Å²) in [6.07, 6.45) is 7.82. The van der Waals surface area contributed by atoms with E-state index in [0.29, 0.717) is 17.6 Å². The summed E-state index contributed by atoms with van der Waals surface area (Å²) in [5.74, 6) is 2.28. The highest BCUT2D eigenvalue weighted by Crippen LogP contribution is 2.31. The highest BCUT2D eigenvalue weighted by Gasteiger charge is 2.26. The molecule has 1 aliphatic carbocycles. The Balaban J connectivity index is 1.83. The van der Waals surface area contributed by atoms with E-state index in [0.717, 1.165) is 31.5 Å². The van der Waals surface area contributed by atoms with Crippen molar-refractivity contribution in [1.82, 2.24) is 19.7 Å². The summed E-state index contributed by atoms with van der Waals surface area (Å²) in [4.78, 5) is 8.67. The van der Waals surface area contributed by atoms with Crippen molar-refractivity contribution in [3.63, 3.8) is 0 Å². The van der Waals surface area contributed by atoms with Gasteiger partial charge in [0, 0.05) is 31.4 Å². The topological polar surface area (TPSA) is 82.8 Å². The molecule has 6 heteroatoms. The Morgan fingerprint density at radius 2 is 2.33 bits per heavy atom. The van der Waals surface area contributed by atoms with Gasteiger partial charge < -0.3 is 14.8 Å². The minimum Gasteiger partial charge on any atom is -0.339 e. The normalized spacial score (nSPS) is 24.3. The van der Waals surface area contributed by atoms with Crippen LogP contribution in [0.5, 0.6) is 0 Å². The number of hydrogen-bond acceptors (Lipinski definition) is 5. The molecule has 2 aromatic heterocycles. The molecule has 0 aliphatic heterocycles. The van der Waals surface area contributed by atoms with Crippen molar-refractivity contribution in [2.75, 3.05) is 0 Å². The van der Waals surface area contributed by atoms with E-state index in [1.165, 1.54) is 0 Å². The molecule has 0 radical (unpaired) electrons. The average Bonchev–Trinajstić information content (AvgIpc) is 2.97. The molecule has 96 valence electrons. The van der Waals surface area contributed by atoms with Crippen molar-refractivity contribution < 1.29 is 4.52 Å². The molecule has 0 spiro atoms. The van der Waals surface area contributed by atoms with Gasteiger partial charge >= 0.3 is 0 Å². The van der Waals surface area contributed by atoms with Gasteiger partial charge in [0.05, 0.1) is 0 Å². The molecule has 0 bridgehead atoms. The molecular formula is C12H17N5O. The summed E-state index contributed by atoms with van der Waals surface area (Å²) in [7, 11) is 1.91. The highest BCUT2D eigenvalue weighted by molar-refractivity contribution is 5.42. The molecule has 2 unspecified atom stereocenters. The third-order valence-electron chi connectivity index (χ3n) is 3.53. The van der Waals surface area contributed by atoms with Crippen LogP contribution in [0, 0.1) is 0 Å². The number of nitrogens with zero attached hydrogens (tertiary/aromatic N) is 4. The lowest BCUT2D eigenvalue weighted by Gasteiger charge is -2.23. The first kappa shape index (κ1) is 11.4. The summed E-state index contributed by atoms with van der Waals surface area (Å²) in [6.45, 7) is 0. The van der Waals surface area contributed by atoms with Crippen LogP contribution in [0.25, 0.3) is 11.6 Å². The van der Waals surface area contributed by atoms with E-state index >= 15 is 0 Å². The molecule has 2 aromatic rings. The van der Waals surface area contributed by atoms with Crippen molar-refractivity contribution in [2.45, 2.75) is 37.6 Å². The van der Waals surface area contributed by atoms with Crippen molar-refractivity contribution in [2.24, 2.45) is 12.8 Å². The van der Waals surface area contributed by atoms with E-state index in [9.17, 15) is 0 Å². The maximum Gasteiger partial charge on any atom is 0.238 e. The predicted molar refractivity (Wildman–Crippen MR) is 65.7 cm³/mol. The largest absolute Gasteiger partial charge is 0.339 e. The van der Waals surface area contributed by atoms with Crippen LogP contribution < -0.4 is 5.73 Å². The van der Waals surface area contributed by atoms with Gasteiger partial charge in [0.2, 0.25) is 11.7 Å². The quantitative estimate of drug-likeness (QED) is 0.868. The maximum atomic E-state index is 5.98. The van der Waals surface area contributed by atoms with Gasteiger partial charge in [-0.3, -0.25) is 0 Å². The Morgan fingerprint density at radius 1 is 1.44 bits per heavy atom. The lowest BCUT2D eigenvalue weighted by atomic mass is 9.86. The molecule has 0 amide bonds. The van der Waals surface area contributed by atoms with Crippen LogP contribution in [-0.4, -0.2) is 25.7 Å². The third kappa shape index (κ3) is 2.03. The summed E-state index contributed by atoms with van der Waals surface area (Å²) in [5.41, 5.74) is 5.98. The Hall–Kier alpha value is -1.69. The Morgan fingerprint density at radius 3 is 3.06 bits per heavy atom. The van der Waals surface area contributed by atoms with E-state index < -0.39 is 0 Å². The SMILES string of the molecule is Cn1ccnc1-c1noc(C2CCCC(N)C2)n1. The zero-order chi connectivity index (χ0) is 12.5. The summed E-state index contributed by atoms with van der Waals surface area (Å²) >= 11 is 0. The summed E-state index contributed by atoms with van der Waals surface area (Å²) < 4.78 is 7.24. The van der Waals surface area contributed by atoms with E-state index in [1.54, 1.807) is 6.20 Å². The fraction of sp³-hybridized carbons (Fsp3) is 0.583. The average molecular weight is 247 g/mol. The number of aryl methyl sites for hydroxylation is 1. The number of nitrogens with two attached hydrogens (primary N) is 1. The number of imidazole rings is 1. The van der Waals surface area contributed by atoms with Crippen LogP contribution in [-0.2, 0) is 7.05 Å². The molecular weight excluding hydrogens is 230 g/mol. The van der Waals surface area contributed by atoms with Gasteiger partial charge in [0.1, 0.15) is 0 Å². The maximum absolute atomic E-state index is 5.98. The molecule has 1 saturated carbocycles. The second-order valence-corrected chi connectivity index (χ2v) is 4.94. The fourth-order valence-corrected chi connectivity index (χ4v) is 2.52. The van der Waals surface area contributed by atoms with Gasteiger partial charge in [-0.2, -0.15) is 4.98 Å². The highest BCUT2D eigenvalue weighted by atomic mass is 16.5. The van der Waals surface area contributed by atoms with E-state index in [4.69, 9.17) is 10.3 Å². The minimum absolute atomic E-state index is 0.257. The van der Waals surface area contributed by atoms with E-state index in [-0.39, 0.29) is 6.04 Å². The molecule has 1 fully saturated rings. The van der Waals surface area contributed by atoms with Gasteiger partial charge in [0.15, 0.2) is 5.82 Å². The minimum atomic E-state index is 0.257. The zero-order valence-corrected chi connectivity index (χ0v) is 10.4.